The molecule has 0 unspecified atom stereocenters. The van der Waals surface area contributed by atoms with Gasteiger partial charge in [0.2, 0.25) is 0 Å². The lowest BCUT2D eigenvalue weighted by atomic mass is 10.1. The van der Waals surface area contributed by atoms with Gasteiger partial charge in [-0.05, 0) is 55.5 Å². The van der Waals surface area contributed by atoms with Gasteiger partial charge in [-0.3, -0.25) is 9.59 Å². The molecule has 0 saturated carbocycles. The minimum absolute atomic E-state index is 0.193. The van der Waals surface area contributed by atoms with Gasteiger partial charge in [0.15, 0.2) is 0 Å². The number of nitrogens with zero attached hydrogens (tertiary/aromatic N) is 1. The number of amides is 2. The van der Waals surface area contributed by atoms with Gasteiger partial charge in [-0.15, -0.1) is 0 Å². The number of hydrogen-bond acceptors (Lipinski definition) is 3. The van der Waals surface area contributed by atoms with E-state index in [-0.39, 0.29) is 11.8 Å². The summed E-state index contributed by atoms with van der Waals surface area (Å²) in [6.07, 6.45) is 0. The van der Waals surface area contributed by atoms with Crippen LogP contribution >= 0.6 is 0 Å². The number of benzene rings is 2. The average Bonchev–Trinajstić information content (AvgIpc) is 2.63. The summed E-state index contributed by atoms with van der Waals surface area (Å²) in [5.74, 6) is 0.0623. The zero-order chi connectivity index (χ0) is 17.6. The first-order valence-corrected chi connectivity index (χ1v) is 7.83. The van der Waals surface area contributed by atoms with Gasteiger partial charge in [-0.2, -0.15) is 0 Å². The average molecular weight is 331 g/mol. The van der Waals surface area contributed by atoms with E-state index in [4.69, 9.17) is 0 Å². The SMILES string of the molecule is Cc1cccc(NC(=O)c2ccc(NC(=O)c3ccccc3)cc2)n1. The molecule has 0 aliphatic heterocycles. The van der Waals surface area contributed by atoms with Gasteiger partial charge >= 0.3 is 0 Å². The number of rotatable bonds is 4. The van der Waals surface area contributed by atoms with Gasteiger partial charge < -0.3 is 10.6 Å². The molecular formula is C20H17N3O2. The summed E-state index contributed by atoms with van der Waals surface area (Å²) in [5, 5.41) is 5.55. The third-order valence-corrected chi connectivity index (χ3v) is 3.57. The fourth-order valence-corrected chi connectivity index (χ4v) is 2.30. The molecule has 0 saturated heterocycles. The van der Waals surface area contributed by atoms with E-state index in [0.717, 1.165) is 5.69 Å². The smallest absolute Gasteiger partial charge is 0.256 e. The topological polar surface area (TPSA) is 71.1 Å². The van der Waals surface area contributed by atoms with Crippen molar-refractivity contribution in [3.05, 3.63) is 89.6 Å². The van der Waals surface area contributed by atoms with E-state index in [2.05, 4.69) is 15.6 Å². The van der Waals surface area contributed by atoms with E-state index in [0.29, 0.717) is 22.6 Å². The van der Waals surface area contributed by atoms with Crippen molar-refractivity contribution < 1.29 is 9.59 Å². The number of pyridine rings is 1. The van der Waals surface area contributed by atoms with Crippen molar-refractivity contribution in [2.45, 2.75) is 6.92 Å². The molecule has 124 valence electrons. The van der Waals surface area contributed by atoms with Crippen LogP contribution in [0.25, 0.3) is 0 Å². The zero-order valence-electron chi connectivity index (χ0n) is 13.7. The van der Waals surface area contributed by atoms with Crippen molar-refractivity contribution in [2.24, 2.45) is 0 Å². The predicted octanol–water partition coefficient (Wildman–Crippen LogP) is 3.89. The molecule has 3 aromatic rings. The maximum atomic E-state index is 12.2. The maximum absolute atomic E-state index is 12.2. The maximum Gasteiger partial charge on any atom is 0.256 e. The summed E-state index contributed by atoms with van der Waals surface area (Å²) in [7, 11) is 0. The molecule has 5 heteroatoms. The lowest BCUT2D eigenvalue weighted by molar-refractivity contribution is 0.101. The molecule has 3 rings (SSSR count). The Bertz CT molecular complexity index is 890. The number of nitrogens with one attached hydrogen (secondary N) is 2. The molecule has 0 spiro atoms. The van der Waals surface area contributed by atoms with Crippen molar-refractivity contribution in [3.63, 3.8) is 0 Å². The normalized spacial score (nSPS) is 10.1. The molecule has 1 aromatic heterocycles. The first-order chi connectivity index (χ1) is 12.1. The summed E-state index contributed by atoms with van der Waals surface area (Å²) in [6, 6.07) is 21.1. The van der Waals surface area contributed by atoms with Crippen molar-refractivity contribution >= 4 is 23.3 Å². The molecule has 0 bridgehead atoms. The van der Waals surface area contributed by atoms with Crippen LogP contribution in [0.3, 0.4) is 0 Å². The van der Waals surface area contributed by atoms with Gasteiger partial charge in [-0.1, -0.05) is 24.3 Å². The van der Waals surface area contributed by atoms with Crippen molar-refractivity contribution in [1.82, 2.24) is 4.98 Å². The Morgan fingerprint density at radius 1 is 0.720 bits per heavy atom. The molecule has 0 fully saturated rings. The fourth-order valence-electron chi connectivity index (χ4n) is 2.30. The highest BCUT2D eigenvalue weighted by atomic mass is 16.2. The number of carbonyl (C=O) groups excluding carboxylic acids is 2. The Hall–Kier alpha value is -3.47. The third kappa shape index (κ3) is 4.29. The molecule has 0 aliphatic rings. The lowest BCUT2D eigenvalue weighted by Crippen LogP contribution is -2.14. The molecule has 0 atom stereocenters. The summed E-state index contributed by atoms with van der Waals surface area (Å²) in [5.41, 5.74) is 2.52. The highest BCUT2D eigenvalue weighted by Crippen LogP contribution is 2.13. The predicted molar refractivity (Wildman–Crippen MR) is 97.8 cm³/mol. The zero-order valence-corrected chi connectivity index (χ0v) is 13.7. The van der Waals surface area contributed by atoms with Gasteiger partial charge in [0, 0.05) is 22.5 Å². The van der Waals surface area contributed by atoms with Crippen LogP contribution in [0.2, 0.25) is 0 Å². The molecular weight excluding hydrogens is 314 g/mol. The summed E-state index contributed by atoms with van der Waals surface area (Å²) in [6.45, 7) is 1.86. The van der Waals surface area contributed by atoms with E-state index in [1.165, 1.54) is 0 Å². The molecule has 25 heavy (non-hydrogen) atoms. The Kier molecular flexibility index (Phi) is 4.85. The standard InChI is InChI=1S/C20H17N3O2/c1-14-6-5-9-18(21-14)23-20(25)16-10-12-17(13-11-16)22-19(24)15-7-3-2-4-8-15/h2-13H,1H3,(H,22,24)(H,21,23,25). The van der Waals surface area contributed by atoms with Gasteiger partial charge in [0.25, 0.3) is 11.8 Å². The first kappa shape index (κ1) is 16.4. The van der Waals surface area contributed by atoms with Gasteiger partial charge in [0.1, 0.15) is 5.82 Å². The van der Waals surface area contributed by atoms with E-state index in [1.54, 1.807) is 42.5 Å². The largest absolute Gasteiger partial charge is 0.322 e. The molecule has 0 radical (unpaired) electrons. The number of anilines is 2. The molecule has 1 heterocycles. The van der Waals surface area contributed by atoms with E-state index in [9.17, 15) is 9.59 Å². The second-order valence-corrected chi connectivity index (χ2v) is 5.52. The van der Waals surface area contributed by atoms with Crippen LogP contribution in [0.4, 0.5) is 11.5 Å². The number of hydrogen-bond donors (Lipinski definition) is 2. The van der Waals surface area contributed by atoms with E-state index >= 15 is 0 Å². The first-order valence-electron chi connectivity index (χ1n) is 7.83. The Balaban J connectivity index is 1.65. The molecule has 2 N–H and O–H groups in total. The van der Waals surface area contributed by atoms with Crippen molar-refractivity contribution in [2.75, 3.05) is 10.6 Å². The van der Waals surface area contributed by atoms with Gasteiger partial charge in [0.05, 0.1) is 0 Å². The monoisotopic (exact) mass is 331 g/mol. The fraction of sp³-hybridized carbons (Fsp3) is 0.0500. The molecule has 2 amide bonds. The van der Waals surface area contributed by atoms with Crippen molar-refractivity contribution in [3.8, 4) is 0 Å². The second kappa shape index (κ2) is 7.40. The number of aromatic nitrogens is 1. The third-order valence-electron chi connectivity index (χ3n) is 3.57. The number of carbonyl (C=O) groups is 2. The minimum atomic E-state index is -0.251. The minimum Gasteiger partial charge on any atom is -0.322 e. The quantitative estimate of drug-likeness (QED) is 0.762. The molecule has 0 aliphatic carbocycles. The van der Waals surface area contributed by atoms with Gasteiger partial charge in [-0.25, -0.2) is 4.98 Å². The van der Waals surface area contributed by atoms with Crippen LogP contribution in [-0.4, -0.2) is 16.8 Å². The van der Waals surface area contributed by atoms with Crippen LogP contribution in [0, 0.1) is 6.92 Å². The highest BCUT2D eigenvalue weighted by Gasteiger charge is 2.09. The van der Waals surface area contributed by atoms with E-state index < -0.39 is 0 Å². The van der Waals surface area contributed by atoms with Crippen LogP contribution in [0.15, 0.2) is 72.8 Å². The molecule has 5 nitrogen and oxygen atoms in total. The van der Waals surface area contributed by atoms with E-state index in [1.807, 2.05) is 37.3 Å². The Morgan fingerprint density at radius 2 is 1.36 bits per heavy atom. The number of aryl methyl sites for hydroxylation is 1. The summed E-state index contributed by atoms with van der Waals surface area (Å²) < 4.78 is 0. The highest BCUT2D eigenvalue weighted by molar-refractivity contribution is 6.06. The second-order valence-electron chi connectivity index (χ2n) is 5.52. The van der Waals surface area contributed by atoms with Crippen LogP contribution < -0.4 is 10.6 Å². The van der Waals surface area contributed by atoms with Crippen LogP contribution in [0.1, 0.15) is 26.4 Å². The van der Waals surface area contributed by atoms with Crippen molar-refractivity contribution in [1.29, 1.82) is 0 Å². The summed E-state index contributed by atoms with van der Waals surface area (Å²) >= 11 is 0. The lowest BCUT2D eigenvalue weighted by Gasteiger charge is -2.07. The van der Waals surface area contributed by atoms with Crippen LogP contribution in [-0.2, 0) is 0 Å². The Morgan fingerprint density at radius 3 is 2.04 bits per heavy atom. The van der Waals surface area contributed by atoms with Crippen LogP contribution in [0.5, 0.6) is 0 Å². The summed E-state index contributed by atoms with van der Waals surface area (Å²) in [4.78, 5) is 28.6. The Labute approximate surface area is 145 Å². The molecule has 2 aromatic carbocycles.